The molecule has 1 aromatic rings. The van der Waals surface area contributed by atoms with Crippen molar-refractivity contribution in [3.8, 4) is 0 Å². The molecule has 0 radical (unpaired) electrons. The monoisotopic (exact) mass is 294 g/mol. The third-order valence-electron chi connectivity index (χ3n) is 3.16. The number of hydrogen-bond donors (Lipinski definition) is 0. The molecule has 1 atom stereocenters. The van der Waals surface area contributed by atoms with Crippen molar-refractivity contribution in [3.05, 3.63) is 34.9 Å². The molecule has 5 nitrogen and oxygen atoms in total. The van der Waals surface area contributed by atoms with Gasteiger partial charge in [0.25, 0.3) is 5.91 Å². The van der Waals surface area contributed by atoms with Gasteiger partial charge in [-0.25, -0.2) is 5.01 Å². The lowest BCUT2D eigenvalue weighted by Gasteiger charge is -2.14. The zero-order valence-corrected chi connectivity index (χ0v) is 12.1. The number of hydrogen-bond acceptors (Lipinski definition) is 4. The number of carbonyl (C=O) groups is 2. The van der Waals surface area contributed by atoms with Gasteiger partial charge in [-0.05, 0) is 24.6 Å². The van der Waals surface area contributed by atoms with E-state index in [0.717, 1.165) is 5.56 Å². The van der Waals surface area contributed by atoms with Gasteiger partial charge < -0.3 is 4.74 Å². The normalized spacial score (nSPS) is 18.1. The summed E-state index contributed by atoms with van der Waals surface area (Å²) in [6.45, 7) is 2.08. The summed E-state index contributed by atoms with van der Waals surface area (Å²) in [7, 11) is 1.30. The van der Waals surface area contributed by atoms with Gasteiger partial charge in [0.2, 0.25) is 0 Å². The molecular weight excluding hydrogens is 280 g/mol. The van der Waals surface area contributed by atoms with E-state index in [9.17, 15) is 9.59 Å². The Balaban J connectivity index is 2.08. The van der Waals surface area contributed by atoms with Crippen molar-refractivity contribution in [2.45, 2.75) is 19.9 Å². The van der Waals surface area contributed by atoms with Crippen LogP contribution in [0, 0.1) is 5.92 Å². The quantitative estimate of drug-likeness (QED) is 0.800. The highest BCUT2D eigenvalue weighted by atomic mass is 35.5. The van der Waals surface area contributed by atoms with Crippen LogP contribution in [0.15, 0.2) is 29.4 Å². The molecule has 1 aliphatic rings. The molecule has 0 aromatic heterocycles. The number of methoxy groups -OCH3 is 1. The first kappa shape index (κ1) is 14.5. The Bertz CT molecular complexity index is 571. The topological polar surface area (TPSA) is 59.0 Å². The first-order chi connectivity index (χ1) is 9.51. The number of hydrazone groups is 1. The second kappa shape index (κ2) is 6.05. The molecule has 1 heterocycles. The third-order valence-corrected chi connectivity index (χ3v) is 3.39. The maximum absolute atomic E-state index is 12.2. The molecule has 1 amide bonds. The molecule has 0 fully saturated rings. The standard InChI is InChI=1S/C14H15ClN2O3/c1-9-12(7-13(18)20-2)14(19)17(16-9)8-10-4-3-5-11(15)6-10/h3-6,12H,7-8H2,1-2H3. The van der Waals surface area contributed by atoms with Crippen molar-refractivity contribution >= 4 is 29.2 Å². The van der Waals surface area contributed by atoms with Gasteiger partial charge in [0.1, 0.15) is 0 Å². The van der Waals surface area contributed by atoms with Gasteiger partial charge in [0, 0.05) is 10.7 Å². The summed E-state index contributed by atoms with van der Waals surface area (Å²) in [5.74, 6) is -1.13. The van der Waals surface area contributed by atoms with E-state index in [1.54, 1.807) is 19.1 Å². The van der Waals surface area contributed by atoms with E-state index in [4.69, 9.17) is 11.6 Å². The first-order valence-electron chi connectivity index (χ1n) is 6.19. The summed E-state index contributed by atoms with van der Waals surface area (Å²) in [5.41, 5.74) is 1.52. The Morgan fingerprint density at radius 1 is 1.50 bits per heavy atom. The average Bonchev–Trinajstić information content (AvgIpc) is 2.66. The van der Waals surface area contributed by atoms with Crippen LogP contribution in [0.4, 0.5) is 0 Å². The average molecular weight is 295 g/mol. The fourth-order valence-electron chi connectivity index (χ4n) is 2.07. The predicted octanol–water partition coefficient (Wildman–Crippen LogP) is 2.24. The minimum Gasteiger partial charge on any atom is -0.469 e. The van der Waals surface area contributed by atoms with Crippen molar-refractivity contribution in [2.75, 3.05) is 7.11 Å². The first-order valence-corrected chi connectivity index (χ1v) is 6.57. The molecular formula is C14H15ClN2O3. The number of benzene rings is 1. The highest BCUT2D eigenvalue weighted by Crippen LogP contribution is 2.22. The van der Waals surface area contributed by atoms with Crippen LogP contribution in [0.25, 0.3) is 0 Å². The van der Waals surface area contributed by atoms with Gasteiger partial charge in [-0.2, -0.15) is 5.10 Å². The summed E-state index contributed by atoms with van der Waals surface area (Å²) in [5, 5.41) is 6.19. The molecule has 1 unspecified atom stereocenters. The van der Waals surface area contributed by atoms with Crippen LogP contribution in [0.1, 0.15) is 18.9 Å². The highest BCUT2D eigenvalue weighted by Gasteiger charge is 2.35. The number of carbonyl (C=O) groups excluding carboxylic acids is 2. The molecule has 0 aliphatic carbocycles. The van der Waals surface area contributed by atoms with Gasteiger partial charge in [0.05, 0.1) is 26.0 Å². The Kier molecular flexibility index (Phi) is 4.39. The van der Waals surface area contributed by atoms with E-state index >= 15 is 0 Å². The third kappa shape index (κ3) is 3.17. The van der Waals surface area contributed by atoms with Crippen LogP contribution < -0.4 is 0 Å². The minimum absolute atomic E-state index is 0.0245. The van der Waals surface area contributed by atoms with Gasteiger partial charge >= 0.3 is 5.97 Å². The molecule has 20 heavy (non-hydrogen) atoms. The van der Waals surface area contributed by atoms with Crippen LogP contribution in [-0.2, 0) is 20.9 Å². The second-order valence-corrected chi connectivity index (χ2v) is 5.04. The van der Waals surface area contributed by atoms with Crippen LogP contribution in [-0.4, -0.2) is 29.7 Å². The van der Waals surface area contributed by atoms with Gasteiger partial charge in [-0.15, -0.1) is 0 Å². The van der Waals surface area contributed by atoms with Gasteiger partial charge in [-0.1, -0.05) is 23.7 Å². The van der Waals surface area contributed by atoms with Gasteiger partial charge in [0.15, 0.2) is 0 Å². The second-order valence-electron chi connectivity index (χ2n) is 4.60. The van der Waals surface area contributed by atoms with E-state index in [2.05, 4.69) is 9.84 Å². The smallest absolute Gasteiger partial charge is 0.306 e. The summed E-state index contributed by atoms with van der Waals surface area (Å²) < 4.78 is 4.60. The Morgan fingerprint density at radius 3 is 2.90 bits per heavy atom. The maximum atomic E-state index is 12.2. The molecule has 1 aliphatic heterocycles. The van der Waals surface area contributed by atoms with E-state index in [0.29, 0.717) is 17.3 Å². The lowest BCUT2D eigenvalue weighted by Crippen LogP contribution is -2.28. The number of rotatable bonds is 4. The van der Waals surface area contributed by atoms with Crippen molar-refractivity contribution in [3.63, 3.8) is 0 Å². The van der Waals surface area contributed by atoms with Crippen molar-refractivity contribution in [1.29, 1.82) is 0 Å². The molecule has 6 heteroatoms. The van der Waals surface area contributed by atoms with Crippen LogP contribution in [0.5, 0.6) is 0 Å². The van der Waals surface area contributed by atoms with Crippen LogP contribution >= 0.6 is 11.6 Å². The number of ether oxygens (including phenoxy) is 1. The lowest BCUT2D eigenvalue weighted by molar-refractivity contribution is -0.144. The molecule has 0 bridgehead atoms. The summed E-state index contributed by atoms with van der Waals surface area (Å²) in [4.78, 5) is 23.5. The summed E-state index contributed by atoms with van der Waals surface area (Å²) in [6.07, 6.45) is 0.0245. The van der Waals surface area contributed by atoms with E-state index in [-0.39, 0.29) is 12.3 Å². The fraction of sp³-hybridized carbons (Fsp3) is 0.357. The largest absolute Gasteiger partial charge is 0.469 e. The summed E-state index contributed by atoms with van der Waals surface area (Å²) >= 11 is 5.91. The van der Waals surface area contributed by atoms with Crippen LogP contribution in [0.2, 0.25) is 5.02 Å². The maximum Gasteiger partial charge on any atom is 0.306 e. The zero-order valence-electron chi connectivity index (χ0n) is 11.3. The van der Waals surface area contributed by atoms with E-state index in [1.165, 1.54) is 12.1 Å². The molecule has 0 N–H and O–H groups in total. The number of halogens is 1. The number of esters is 1. The van der Waals surface area contributed by atoms with Crippen molar-refractivity contribution in [2.24, 2.45) is 11.0 Å². The molecule has 106 valence electrons. The van der Waals surface area contributed by atoms with Gasteiger partial charge in [-0.3, -0.25) is 9.59 Å². The van der Waals surface area contributed by atoms with Crippen molar-refractivity contribution < 1.29 is 14.3 Å². The summed E-state index contributed by atoms with van der Waals surface area (Å²) in [6, 6.07) is 7.25. The Labute approximate surface area is 122 Å². The molecule has 0 saturated heterocycles. The number of nitrogens with zero attached hydrogens (tertiary/aromatic N) is 2. The molecule has 0 saturated carbocycles. The Morgan fingerprint density at radius 2 is 2.25 bits per heavy atom. The molecule has 0 spiro atoms. The predicted molar refractivity (Wildman–Crippen MR) is 75.2 cm³/mol. The molecule has 1 aromatic carbocycles. The van der Waals surface area contributed by atoms with Crippen LogP contribution in [0.3, 0.4) is 0 Å². The SMILES string of the molecule is COC(=O)CC1C(=O)N(Cc2cccc(Cl)c2)N=C1C. The van der Waals surface area contributed by atoms with Crippen molar-refractivity contribution in [1.82, 2.24) is 5.01 Å². The Hall–Kier alpha value is -1.88. The highest BCUT2D eigenvalue weighted by molar-refractivity contribution is 6.30. The molecule has 2 rings (SSSR count). The van der Waals surface area contributed by atoms with E-state index < -0.39 is 11.9 Å². The number of amides is 1. The van der Waals surface area contributed by atoms with E-state index in [1.807, 2.05) is 12.1 Å². The lowest BCUT2D eigenvalue weighted by atomic mass is 10.0. The zero-order chi connectivity index (χ0) is 14.7. The minimum atomic E-state index is -0.526. The fourth-order valence-corrected chi connectivity index (χ4v) is 2.29.